The number of nitrogen functional groups attached to an aromatic ring is 2. The van der Waals surface area contributed by atoms with Crippen LogP contribution in [0.4, 0.5) is 15.9 Å². The summed E-state index contributed by atoms with van der Waals surface area (Å²) >= 11 is 5.29. The van der Waals surface area contributed by atoms with Gasteiger partial charge in [0.15, 0.2) is 35.7 Å². The third-order valence-corrected chi connectivity index (χ3v) is 10.6. The van der Waals surface area contributed by atoms with Crippen molar-refractivity contribution in [3.63, 3.8) is 0 Å². The molecule has 4 fully saturated rings. The molecule has 18 nitrogen and oxygen atoms in total. The monoisotopic (exact) mass is 681 g/mol. The van der Waals surface area contributed by atoms with E-state index in [1.807, 2.05) is 0 Å². The predicted octanol–water partition coefficient (Wildman–Crippen LogP) is 0.648. The Morgan fingerprint density at radius 2 is 1.78 bits per heavy atom. The number of alkyl halides is 1. The molecule has 5 N–H and O–H groups in total. The van der Waals surface area contributed by atoms with Crippen molar-refractivity contribution in [1.29, 1.82) is 0 Å². The topological polar surface area (TPSA) is 228 Å². The van der Waals surface area contributed by atoms with E-state index >= 15 is 4.39 Å². The smallest absolute Gasteiger partial charge is 0.325 e. The molecule has 4 saturated heterocycles. The third-order valence-electron chi connectivity index (χ3n) is 8.07. The number of fused-ring (bicyclic) bond motifs is 3. The second-order valence-electron chi connectivity index (χ2n) is 10.8. The average molecular weight is 681 g/mol. The van der Waals surface area contributed by atoms with Crippen LogP contribution in [0.1, 0.15) is 12.5 Å². The number of imidazole rings is 2. The van der Waals surface area contributed by atoms with E-state index in [-0.39, 0.29) is 18.1 Å². The van der Waals surface area contributed by atoms with E-state index in [9.17, 15) is 9.46 Å². The highest BCUT2D eigenvalue weighted by molar-refractivity contribution is 8.07. The van der Waals surface area contributed by atoms with Gasteiger partial charge in [0.25, 0.3) is 7.47 Å². The molecule has 4 aromatic rings. The van der Waals surface area contributed by atoms with Crippen molar-refractivity contribution in [2.75, 3.05) is 31.3 Å². The number of nitrogens with zero attached hydrogens (tertiary/aromatic N) is 7. The van der Waals surface area contributed by atoms with Crippen LogP contribution >= 0.6 is 14.2 Å². The van der Waals surface area contributed by atoms with Crippen LogP contribution in [0.25, 0.3) is 22.3 Å². The zero-order valence-electron chi connectivity index (χ0n) is 22.8. The first-order valence-electron chi connectivity index (χ1n) is 13.4. The lowest BCUT2D eigenvalue weighted by Crippen LogP contribution is -2.46. The highest BCUT2D eigenvalue weighted by Gasteiger charge is 2.65. The Bertz CT molecular complexity index is 1920. The summed E-state index contributed by atoms with van der Waals surface area (Å²) in [5, 5.41) is 0. The highest BCUT2D eigenvalue weighted by Crippen LogP contribution is 2.58. The molecule has 4 aromatic heterocycles. The summed E-state index contributed by atoms with van der Waals surface area (Å²) < 4.78 is 73.5. The van der Waals surface area contributed by atoms with Gasteiger partial charge >= 0.3 is 6.72 Å². The molecule has 0 saturated carbocycles. The highest BCUT2D eigenvalue weighted by atomic mass is 32.5. The molecule has 236 valence electrons. The number of rotatable bonds is 2. The first-order chi connectivity index (χ1) is 21.5. The lowest BCUT2D eigenvalue weighted by molar-refractivity contribution is -0.183. The maximum absolute atomic E-state index is 16.1. The van der Waals surface area contributed by atoms with Gasteiger partial charge in [-0.2, -0.15) is 0 Å². The largest absolute Gasteiger partial charge is 0.397 e. The number of ether oxygens (including phenoxy) is 3. The summed E-state index contributed by atoms with van der Waals surface area (Å²) in [7, 11) is 1.63. The summed E-state index contributed by atoms with van der Waals surface area (Å²) in [5.74, 6) is 0.146. The summed E-state index contributed by atoms with van der Waals surface area (Å²) in [4.78, 5) is 32.0. The minimum atomic E-state index is -4.41. The van der Waals surface area contributed by atoms with Crippen molar-refractivity contribution >= 4 is 67.4 Å². The molecule has 0 aromatic carbocycles. The van der Waals surface area contributed by atoms with Crippen LogP contribution in [-0.4, -0.2) is 103 Å². The van der Waals surface area contributed by atoms with Crippen LogP contribution in [0, 0.1) is 0 Å². The molecule has 0 aliphatic carbocycles. The molecule has 45 heavy (non-hydrogen) atoms. The van der Waals surface area contributed by atoms with Gasteiger partial charge in [0.05, 0.1) is 38.2 Å². The van der Waals surface area contributed by atoms with E-state index in [2.05, 4.69) is 24.9 Å². The number of hydrogen-bond acceptors (Lipinski definition) is 16. The second kappa shape index (κ2) is 10.4. The number of hydrogen-bond donors (Lipinski definition) is 3. The molecule has 8 heterocycles. The number of aromatic nitrogens is 7. The molecular formula is C22H23BFN9O9P2S. The SMILES string of the molecule is [B]P1(=O)OC[C@H]2O[C@@H](n3cnc4c(N)ccnc43)[C@@H](F)C2OP(O)(=S)OC[C@@]23COC([C@H](n4cnc5c(N)ncnc54)O2)[C@H]3O1. The van der Waals surface area contributed by atoms with Crippen LogP contribution in [0.2, 0.25) is 0 Å². The minimum Gasteiger partial charge on any atom is -0.397 e. The second-order valence-corrected chi connectivity index (χ2v) is 15.2. The first kappa shape index (κ1) is 29.7. The zero-order valence-corrected chi connectivity index (χ0v) is 25.4. The maximum atomic E-state index is 16.1. The summed E-state index contributed by atoms with van der Waals surface area (Å²) in [6.07, 6.45) is -3.75. The third kappa shape index (κ3) is 4.81. The zero-order chi connectivity index (χ0) is 31.3. The van der Waals surface area contributed by atoms with Crippen LogP contribution in [0.15, 0.2) is 31.2 Å². The molecule has 2 bridgehead atoms. The van der Waals surface area contributed by atoms with Crippen LogP contribution in [0.5, 0.6) is 0 Å². The van der Waals surface area contributed by atoms with E-state index in [0.29, 0.717) is 22.4 Å². The van der Waals surface area contributed by atoms with Crippen molar-refractivity contribution in [1.82, 2.24) is 34.1 Å². The normalized spacial score (nSPS) is 40.3. The van der Waals surface area contributed by atoms with Crippen molar-refractivity contribution in [2.24, 2.45) is 0 Å². The van der Waals surface area contributed by atoms with Crippen LogP contribution < -0.4 is 11.5 Å². The van der Waals surface area contributed by atoms with Crippen LogP contribution in [-0.2, 0) is 48.7 Å². The van der Waals surface area contributed by atoms with Gasteiger partial charge in [-0.1, -0.05) is 0 Å². The molecule has 4 aliphatic rings. The van der Waals surface area contributed by atoms with Gasteiger partial charge in [-0.3, -0.25) is 18.2 Å². The van der Waals surface area contributed by atoms with Gasteiger partial charge in [0.2, 0.25) is 7.57 Å². The van der Waals surface area contributed by atoms with Gasteiger partial charge in [0, 0.05) is 6.20 Å². The molecule has 4 aliphatic heterocycles. The Morgan fingerprint density at radius 3 is 2.60 bits per heavy atom. The molecule has 10 atom stereocenters. The number of pyridine rings is 1. The first-order valence-corrected chi connectivity index (χ1v) is 17.6. The number of nitrogens with two attached hydrogens (primary N) is 2. The van der Waals surface area contributed by atoms with E-state index in [1.54, 1.807) is 6.07 Å². The molecular weight excluding hydrogens is 658 g/mol. The molecule has 0 spiro atoms. The van der Waals surface area contributed by atoms with Gasteiger partial charge in [-0.05, 0) is 17.9 Å². The quantitative estimate of drug-likeness (QED) is 0.195. The molecule has 4 unspecified atom stereocenters. The Balaban J connectivity index is 1.10. The Labute approximate surface area is 258 Å². The Kier molecular flexibility index (Phi) is 6.88. The van der Waals surface area contributed by atoms with E-state index in [4.69, 9.17) is 63.1 Å². The average Bonchev–Trinajstić information content (AvgIpc) is 3.80. The van der Waals surface area contributed by atoms with E-state index < -0.39 is 76.1 Å². The van der Waals surface area contributed by atoms with Crippen molar-refractivity contribution in [3.05, 3.63) is 31.2 Å². The van der Waals surface area contributed by atoms with E-state index in [1.165, 1.54) is 34.3 Å². The fourth-order valence-corrected chi connectivity index (χ4v) is 8.49. The predicted molar refractivity (Wildman–Crippen MR) is 155 cm³/mol. The summed E-state index contributed by atoms with van der Waals surface area (Å²) in [6.45, 7) is -5.39. The van der Waals surface area contributed by atoms with Gasteiger partial charge in [0.1, 0.15) is 47.4 Å². The summed E-state index contributed by atoms with van der Waals surface area (Å²) in [5.41, 5.74) is 11.9. The number of anilines is 2. The maximum Gasteiger partial charge on any atom is 0.325 e. The standard InChI is InChI=1S/C22H23BFN9O9P2S/c23-43(34)37-3-10-14(11(24)20(39-10)32-7-30-12-9(25)1-2-27-18(12)32)41-44(35,45)38-5-22-4-36-15(16(22)42-43)21(40-22)33-8-31-13-17(26)28-6-29-19(13)33/h1-2,6-8,10-11,14-16,20-21H,3-5H2,(H2,25,27)(H,35,45)(H2,26,28,29)/t10-,11+,14?,15?,16-,20-,21-,22-,43?,44?/m1/s1. The van der Waals surface area contributed by atoms with Gasteiger partial charge in [-0.25, -0.2) is 29.3 Å². The molecule has 8 rings (SSSR count). The van der Waals surface area contributed by atoms with Gasteiger partial charge < -0.3 is 44.1 Å². The fourth-order valence-electron chi connectivity index (χ4n) is 5.99. The van der Waals surface area contributed by atoms with Crippen molar-refractivity contribution < 1.29 is 46.2 Å². The lowest BCUT2D eigenvalue weighted by Gasteiger charge is -2.34. The van der Waals surface area contributed by atoms with Crippen molar-refractivity contribution in [2.45, 2.75) is 48.6 Å². The van der Waals surface area contributed by atoms with Crippen LogP contribution in [0.3, 0.4) is 0 Å². The number of halogens is 1. The van der Waals surface area contributed by atoms with Crippen molar-refractivity contribution in [3.8, 4) is 0 Å². The molecule has 23 heteroatoms. The lowest BCUT2D eigenvalue weighted by atomic mass is 10.0. The minimum absolute atomic E-state index is 0.134. The molecule has 0 amide bonds. The fraction of sp³-hybridized carbons (Fsp3) is 0.500. The Hall–Kier alpha value is -2.68. The Morgan fingerprint density at radius 1 is 1.02 bits per heavy atom. The molecule has 2 radical (unpaired) electrons. The van der Waals surface area contributed by atoms with Gasteiger partial charge in [-0.15, -0.1) is 0 Å². The summed E-state index contributed by atoms with van der Waals surface area (Å²) in [6, 6.07) is 1.55. The van der Waals surface area contributed by atoms with E-state index in [0.717, 1.165) is 0 Å².